The lowest BCUT2D eigenvalue weighted by Gasteiger charge is -2.30. The number of nitrogens with one attached hydrogen (secondary N) is 5. The molecule has 17 heteroatoms. The first-order chi connectivity index (χ1) is 27.3. The third-order valence-electron chi connectivity index (χ3n) is 8.86. The molecule has 0 saturated carbocycles. The fourth-order valence-corrected chi connectivity index (χ4v) is 5.09. The van der Waals surface area contributed by atoms with E-state index in [0.29, 0.717) is 26.2 Å². The maximum absolute atomic E-state index is 12.0. The van der Waals surface area contributed by atoms with Crippen molar-refractivity contribution in [3.8, 4) is 0 Å². The molecule has 0 fully saturated rings. The number of ketones is 2. The van der Waals surface area contributed by atoms with Crippen molar-refractivity contribution in [2.75, 3.05) is 64.5 Å². The first-order valence-corrected chi connectivity index (χ1v) is 20.2. The number of benzene rings is 1. The summed E-state index contributed by atoms with van der Waals surface area (Å²) in [5, 5.41) is 31.8. The molecular formula is C42H74N6O11. The van der Waals surface area contributed by atoms with Crippen LogP contribution in [0.2, 0.25) is 0 Å². The van der Waals surface area contributed by atoms with E-state index in [4.69, 9.17) is 25.4 Å². The molecule has 9 N–H and O–H groups in total. The van der Waals surface area contributed by atoms with Crippen molar-refractivity contribution in [2.45, 2.75) is 119 Å². The Morgan fingerprint density at radius 1 is 0.661 bits per heavy atom. The Bertz CT molecular complexity index is 1460. The van der Waals surface area contributed by atoms with Gasteiger partial charge in [-0.05, 0) is 85.1 Å². The summed E-state index contributed by atoms with van der Waals surface area (Å²) in [7, 11) is 0. The van der Waals surface area contributed by atoms with Gasteiger partial charge in [-0.15, -0.1) is 0 Å². The topological polar surface area (TPSA) is 265 Å². The number of rotatable bonds is 28. The maximum Gasteiger partial charge on any atom is 0.322 e. The summed E-state index contributed by atoms with van der Waals surface area (Å²) < 4.78 is 10.7. The molecule has 0 unspecified atom stereocenters. The molecule has 17 nitrogen and oxygen atoms in total. The van der Waals surface area contributed by atoms with Crippen molar-refractivity contribution in [1.82, 2.24) is 21.3 Å². The van der Waals surface area contributed by atoms with Crippen LogP contribution in [0.25, 0.3) is 0 Å². The largest absolute Gasteiger partial charge is 0.481 e. The predicted molar refractivity (Wildman–Crippen MR) is 228 cm³/mol. The molecule has 0 bridgehead atoms. The minimum Gasteiger partial charge on any atom is -0.481 e. The number of amides is 3. The Balaban J connectivity index is 0. The van der Waals surface area contributed by atoms with Crippen LogP contribution in [-0.4, -0.2) is 122 Å². The zero-order chi connectivity index (χ0) is 45.9. The number of hydrogen-bond donors (Lipinski definition) is 8. The van der Waals surface area contributed by atoms with Crippen molar-refractivity contribution in [3.63, 3.8) is 0 Å². The molecule has 0 aliphatic rings. The van der Waals surface area contributed by atoms with Crippen LogP contribution in [0, 0.1) is 10.8 Å². The van der Waals surface area contributed by atoms with Crippen LogP contribution in [0.15, 0.2) is 24.3 Å². The van der Waals surface area contributed by atoms with Gasteiger partial charge in [-0.2, -0.15) is 0 Å². The second-order valence-corrected chi connectivity index (χ2v) is 16.3. The fourth-order valence-electron chi connectivity index (χ4n) is 5.09. The SMILES string of the molecule is CC(C)(CC(C)(C)C(=O)NCC(=O)O)C(=O)O.CCC(=O)C(C)(C)NCCOCCOCC(=O)C(C)(C)NCC(N)=O.CCCCNC(=O)c1ccc(NCCC)cc1. The molecule has 1 rings (SSSR count). The molecule has 59 heavy (non-hydrogen) atoms. The molecule has 0 aliphatic heterocycles. The van der Waals surface area contributed by atoms with E-state index >= 15 is 0 Å². The lowest BCUT2D eigenvalue weighted by atomic mass is 9.74. The van der Waals surface area contributed by atoms with E-state index in [0.717, 1.165) is 43.6 Å². The number of carboxylic acids is 2. The highest BCUT2D eigenvalue weighted by Gasteiger charge is 2.39. The third kappa shape index (κ3) is 26.3. The number of unbranched alkanes of at least 4 members (excludes halogenated alkanes) is 1. The van der Waals surface area contributed by atoms with Crippen LogP contribution in [0.5, 0.6) is 0 Å². The Labute approximate surface area is 351 Å². The lowest BCUT2D eigenvalue weighted by molar-refractivity contribution is -0.150. The molecule has 0 saturated heterocycles. The van der Waals surface area contributed by atoms with Crippen LogP contribution < -0.4 is 32.3 Å². The van der Waals surface area contributed by atoms with E-state index in [1.54, 1.807) is 27.7 Å². The standard InChI is InChI=1S/C17H33N3O5.C14H22N2O.C11H19NO5/c1-6-13(21)16(2,3)19-7-8-24-9-10-25-12-14(22)17(4,5)20-11-15(18)23;1-3-5-11-16-14(17)12-6-8-13(9-7-12)15-10-4-2;1-10(2,6-11(3,4)9(16)17)8(15)12-5-7(13)14/h19-20H,6-12H2,1-5H3,(H2,18,23);6-9,15H,3-5,10-11H2,1-2H3,(H,16,17);5-6H2,1-4H3,(H,12,15)(H,13,14)(H,16,17). The zero-order valence-corrected chi connectivity index (χ0v) is 37.4. The van der Waals surface area contributed by atoms with Gasteiger partial charge in [0.05, 0.1) is 42.9 Å². The van der Waals surface area contributed by atoms with Gasteiger partial charge in [-0.25, -0.2) is 0 Å². The van der Waals surface area contributed by atoms with Crippen LogP contribution in [-0.2, 0) is 38.2 Å². The van der Waals surface area contributed by atoms with E-state index in [2.05, 4.69) is 40.4 Å². The highest BCUT2D eigenvalue weighted by Crippen LogP contribution is 2.34. The quantitative estimate of drug-likeness (QED) is 0.0562. The summed E-state index contributed by atoms with van der Waals surface area (Å²) >= 11 is 0. The van der Waals surface area contributed by atoms with E-state index in [1.807, 2.05) is 45.0 Å². The van der Waals surface area contributed by atoms with Crippen LogP contribution in [0.1, 0.15) is 119 Å². The number of carboxylic acid groups (broad SMARTS) is 2. The minimum absolute atomic E-state index is 0.0143. The number of anilines is 1. The summed E-state index contributed by atoms with van der Waals surface area (Å²) in [6.45, 7) is 22.1. The Morgan fingerprint density at radius 3 is 1.75 bits per heavy atom. The summed E-state index contributed by atoms with van der Waals surface area (Å²) in [5.41, 5.74) is 3.44. The van der Waals surface area contributed by atoms with E-state index < -0.39 is 52.2 Å². The number of carbonyl (C=O) groups is 7. The first kappa shape index (κ1) is 56.6. The molecule has 0 aromatic heterocycles. The van der Waals surface area contributed by atoms with E-state index in [1.165, 1.54) is 13.8 Å². The Kier molecular flexibility index (Phi) is 27.7. The molecule has 1 aromatic carbocycles. The predicted octanol–water partition coefficient (Wildman–Crippen LogP) is 3.54. The van der Waals surface area contributed by atoms with E-state index in [-0.39, 0.29) is 43.7 Å². The van der Waals surface area contributed by atoms with Gasteiger partial charge in [-0.3, -0.25) is 38.9 Å². The van der Waals surface area contributed by atoms with Gasteiger partial charge in [-0.1, -0.05) is 41.0 Å². The van der Waals surface area contributed by atoms with Crippen molar-refractivity contribution in [3.05, 3.63) is 29.8 Å². The van der Waals surface area contributed by atoms with Crippen molar-refractivity contribution in [2.24, 2.45) is 16.6 Å². The molecule has 0 heterocycles. The summed E-state index contributed by atoms with van der Waals surface area (Å²) in [6, 6.07) is 7.62. The molecule has 0 radical (unpaired) electrons. The van der Waals surface area contributed by atoms with Crippen molar-refractivity contribution in [1.29, 1.82) is 0 Å². The van der Waals surface area contributed by atoms with Crippen LogP contribution in [0.3, 0.4) is 0 Å². The molecule has 1 aromatic rings. The van der Waals surface area contributed by atoms with Gasteiger partial charge < -0.3 is 46.7 Å². The van der Waals surface area contributed by atoms with Crippen molar-refractivity contribution >= 4 is 46.9 Å². The molecule has 0 spiro atoms. The minimum atomic E-state index is -1.13. The smallest absolute Gasteiger partial charge is 0.322 e. The van der Waals surface area contributed by atoms with Gasteiger partial charge in [0, 0.05) is 42.7 Å². The highest BCUT2D eigenvalue weighted by atomic mass is 16.5. The third-order valence-corrected chi connectivity index (χ3v) is 8.86. The number of nitrogens with two attached hydrogens (primary N) is 1. The van der Waals surface area contributed by atoms with Gasteiger partial charge in [0.15, 0.2) is 11.6 Å². The number of primary amides is 1. The number of ether oxygens (including phenoxy) is 2. The normalized spacial score (nSPS) is 11.5. The monoisotopic (exact) mass is 839 g/mol. The number of aliphatic carboxylic acids is 2. The number of hydrogen-bond acceptors (Lipinski definition) is 12. The second-order valence-electron chi connectivity index (χ2n) is 16.3. The Morgan fingerprint density at radius 2 is 1.24 bits per heavy atom. The number of Topliss-reactive ketones (excluding diaryl/α,β-unsaturated/α-hetero) is 2. The van der Waals surface area contributed by atoms with Crippen LogP contribution >= 0.6 is 0 Å². The molecule has 0 atom stereocenters. The lowest BCUT2D eigenvalue weighted by Crippen LogP contribution is -2.51. The molecule has 3 amide bonds. The second kappa shape index (κ2) is 28.9. The summed E-state index contributed by atoms with van der Waals surface area (Å²) in [5.74, 6) is -3.11. The highest BCUT2D eigenvalue weighted by molar-refractivity contribution is 5.94. The number of carbonyl (C=O) groups excluding carboxylic acids is 5. The fraction of sp³-hybridized carbons (Fsp3) is 0.690. The molecule has 338 valence electrons. The molecular weight excluding hydrogens is 764 g/mol. The van der Waals surface area contributed by atoms with Gasteiger partial charge in [0.2, 0.25) is 11.8 Å². The Hall–Kier alpha value is -4.45. The first-order valence-electron chi connectivity index (χ1n) is 20.2. The average molecular weight is 839 g/mol. The molecule has 0 aliphatic carbocycles. The van der Waals surface area contributed by atoms with Crippen molar-refractivity contribution < 1.29 is 53.2 Å². The zero-order valence-electron chi connectivity index (χ0n) is 37.4. The summed E-state index contributed by atoms with van der Waals surface area (Å²) in [6.07, 6.45) is 3.84. The van der Waals surface area contributed by atoms with Gasteiger partial charge >= 0.3 is 11.9 Å². The maximum atomic E-state index is 12.0. The van der Waals surface area contributed by atoms with Gasteiger partial charge in [0.1, 0.15) is 13.2 Å². The van der Waals surface area contributed by atoms with Crippen LogP contribution in [0.4, 0.5) is 5.69 Å². The average Bonchev–Trinajstić information content (AvgIpc) is 3.16. The van der Waals surface area contributed by atoms with E-state index in [9.17, 15) is 33.6 Å². The van der Waals surface area contributed by atoms with Gasteiger partial charge in [0.25, 0.3) is 5.91 Å². The summed E-state index contributed by atoms with van der Waals surface area (Å²) in [4.78, 5) is 79.1.